The predicted octanol–water partition coefficient (Wildman–Crippen LogP) is 2.98. The standard InChI is InChI=1S/C23H23N5O2/c29-17-6-8-20-21-13-15-12-18(7-9-19(15)23(20,14-17)10-11-24-21)30-22-25-26-27-28(22)16-4-2-1-3-5-16/h1-5,7,9,12,20-21,24H,6,8,10-11,13-14H2/t20-,21+,23+/m0/s1. The number of para-hydroxylation sites is 1. The Morgan fingerprint density at radius 1 is 1.17 bits per heavy atom. The quantitative estimate of drug-likeness (QED) is 0.727. The molecule has 1 saturated heterocycles. The number of ketones is 1. The number of hydrogen-bond acceptors (Lipinski definition) is 6. The summed E-state index contributed by atoms with van der Waals surface area (Å²) in [4.78, 5) is 12.4. The lowest BCUT2D eigenvalue weighted by molar-refractivity contribution is -0.125. The van der Waals surface area contributed by atoms with Crippen LogP contribution >= 0.6 is 0 Å². The maximum absolute atomic E-state index is 12.4. The first kappa shape index (κ1) is 17.8. The van der Waals surface area contributed by atoms with Gasteiger partial charge in [0.25, 0.3) is 0 Å². The molecular weight excluding hydrogens is 378 g/mol. The van der Waals surface area contributed by atoms with E-state index in [0.29, 0.717) is 30.2 Å². The van der Waals surface area contributed by atoms with Crippen molar-refractivity contribution in [2.45, 2.75) is 43.6 Å². The molecule has 2 heterocycles. The zero-order valence-corrected chi connectivity index (χ0v) is 16.6. The van der Waals surface area contributed by atoms with Crippen molar-refractivity contribution >= 4 is 5.78 Å². The summed E-state index contributed by atoms with van der Waals surface area (Å²) >= 11 is 0. The number of carbonyl (C=O) groups is 1. The molecule has 3 aromatic rings. The maximum atomic E-state index is 12.4. The SMILES string of the molecule is O=C1CC[C@H]2[C@H]3Cc4cc(Oc5nnnn5-c5ccccc5)ccc4[C@@]2(CCN3)C1. The third kappa shape index (κ3) is 2.69. The van der Waals surface area contributed by atoms with E-state index in [2.05, 4.69) is 33.0 Å². The number of ether oxygens (including phenoxy) is 1. The molecule has 7 nitrogen and oxygen atoms in total. The first-order chi connectivity index (χ1) is 14.7. The van der Waals surface area contributed by atoms with Crippen molar-refractivity contribution in [3.63, 3.8) is 0 Å². The van der Waals surface area contributed by atoms with Crippen LogP contribution in [0.25, 0.3) is 5.69 Å². The number of aromatic nitrogens is 4. The fourth-order valence-electron chi connectivity index (χ4n) is 5.90. The normalized spacial score (nSPS) is 27.3. The molecule has 2 aromatic carbocycles. The summed E-state index contributed by atoms with van der Waals surface area (Å²) in [5.74, 6) is 1.67. The minimum Gasteiger partial charge on any atom is -0.423 e. The summed E-state index contributed by atoms with van der Waals surface area (Å²) in [5.41, 5.74) is 3.45. The smallest absolute Gasteiger partial charge is 0.345 e. The Balaban J connectivity index is 1.36. The lowest BCUT2D eigenvalue weighted by Gasteiger charge is -2.55. The molecule has 152 valence electrons. The van der Waals surface area contributed by atoms with E-state index in [1.165, 1.54) is 11.1 Å². The van der Waals surface area contributed by atoms with E-state index in [1.54, 1.807) is 4.68 Å². The Hall–Kier alpha value is -3.06. The van der Waals surface area contributed by atoms with Gasteiger partial charge in [0.1, 0.15) is 11.5 Å². The van der Waals surface area contributed by atoms with E-state index in [9.17, 15) is 4.79 Å². The van der Waals surface area contributed by atoms with Gasteiger partial charge in [0.2, 0.25) is 0 Å². The maximum Gasteiger partial charge on any atom is 0.345 e. The van der Waals surface area contributed by atoms with Gasteiger partial charge in [-0.05, 0) is 77.5 Å². The Bertz CT molecular complexity index is 1110. The average molecular weight is 401 g/mol. The Labute approximate surface area is 174 Å². The van der Waals surface area contributed by atoms with Crippen LogP contribution in [-0.2, 0) is 16.6 Å². The van der Waals surface area contributed by atoms with Crippen LogP contribution in [0.3, 0.4) is 0 Å². The van der Waals surface area contributed by atoms with E-state index in [1.807, 2.05) is 36.4 Å². The van der Waals surface area contributed by atoms with Crippen molar-refractivity contribution in [3.05, 3.63) is 59.7 Å². The molecule has 3 aliphatic rings. The summed E-state index contributed by atoms with van der Waals surface area (Å²) in [6.45, 7) is 0.984. The number of fused-ring (bicyclic) bond motifs is 1. The average Bonchev–Trinajstić information content (AvgIpc) is 3.22. The zero-order valence-electron chi connectivity index (χ0n) is 16.6. The molecule has 30 heavy (non-hydrogen) atoms. The van der Waals surface area contributed by atoms with Crippen LogP contribution in [0.4, 0.5) is 0 Å². The third-order valence-corrected chi connectivity index (χ3v) is 7.12. The van der Waals surface area contributed by atoms with Gasteiger partial charge in [-0.1, -0.05) is 29.4 Å². The Morgan fingerprint density at radius 2 is 2.07 bits per heavy atom. The van der Waals surface area contributed by atoms with Crippen LogP contribution in [-0.4, -0.2) is 38.6 Å². The predicted molar refractivity (Wildman–Crippen MR) is 110 cm³/mol. The summed E-state index contributed by atoms with van der Waals surface area (Å²) in [6.07, 6.45) is 4.40. The molecule has 1 N–H and O–H groups in total. The first-order valence-electron chi connectivity index (χ1n) is 10.6. The number of carbonyl (C=O) groups excluding carboxylic acids is 1. The highest BCUT2D eigenvalue weighted by molar-refractivity contribution is 5.81. The van der Waals surface area contributed by atoms with Crippen LogP contribution in [0, 0.1) is 5.92 Å². The first-order valence-corrected chi connectivity index (χ1v) is 10.6. The van der Waals surface area contributed by atoms with Crippen LogP contribution in [0.5, 0.6) is 11.8 Å². The molecule has 2 fully saturated rings. The summed E-state index contributed by atoms with van der Waals surface area (Å²) in [5, 5.41) is 15.6. The van der Waals surface area contributed by atoms with Crippen molar-refractivity contribution in [2.75, 3.05) is 6.54 Å². The molecular formula is C23H23N5O2. The number of piperidine rings is 1. The molecule has 3 atom stereocenters. The van der Waals surface area contributed by atoms with E-state index < -0.39 is 0 Å². The number of hydrogen-bond donors (Lipinski definition) is 1. The highest BCUT2D eigenvalue weighted by Crippen LogP contribution is 2.53. The molecule has 0 radical (unpaired) electrons. The molecule has 6 rings (SSSR count). The van der Waals surface area contributed by atoms with E-state index >= 15 is 0 Å². The highest BCUT2D eigenvalue weighted by atomic mass is 16.5. The van der Waals surface area contributed by atoms with Crippen LogP contribution in [0.15, 0.2) is 48.5 Å². The lowest BCUT2D eigenvalue weighted by Crippen LogP contribution is -2.60. The number of tetrazole rings is 1. The molecule has 0 spiro atoms. The summed E-state index contributed by atoms with van der Waals surface area (Å²) in [7, 11) is 0. The monoisotopic (exact) mass is 401 g/mol. The highest BCUT2D eigenvalue weighted by Gasteiger charge is 2.53. The summed E-state index contributed by atoms with van der Waals surface area (Å²) in [6, 6.07) is 16.7. The van der Waals surface area contributed by atoms with Crippen LogP contribution in [0.1, 0.15) is 36.8 Å². The second-order valence-corrected chi connectivity index (χ2v) is 8.66. The van der Waals surface area contributed by atoms with Crippen LogP contribution in [0.2, 0.25) is 0 Å². The third-order valence-electron chi connectivity index (χ3n) is 7.12. The van der Waals surface area contributed by atoms with Gasteiger partial charge in [0, 0.05) is 24.3 Å². The Morgan fingerprint density at radius 3 is 2.97 bits per heavy atom. The molecule has 7 heteroatoms. The molecule has 1 aliphatic heterocycles. The number of rotatable bonds is 3. The van der Waals surface area contributed by atoms with Crippen molar-refractivity contribution in [3.8, 4) is 17.4 Å². The van der Waals surface area contributed by atoms with Crippen LogP contribution < -0.4 is 10.1 Å². The van der Waals surface area contributed by atoms with E-state index in [-0.39, 0.29) is 5.41 Å². The van der Waals surface area contributed by atoms with Crippen molar-refractivity contribution in [1.29, 1.82) is 0 Å². The number of Topliss-reactive ketones (excluding diaryl/α,β-unsaturated/α-hetero) is 1. The largest absolute Gasteiger partial charge is 0.423 e. The zero-order chi connectivity index (χ0) is 20.1. The van der Waals surface area contributed by atoms with E-state index in [0.717, 1.165) is 43.7 Å². The molecule has 0 unspecified atom stereocenters. The minimum absolute atomic E-state index is 0.0109. The van der Waals surface area contributed by atoms with Crippen molar-refractivity contribution < 1.29 is 9.53 Å². The Kier molecular flexibility index (Phi) is 3.99. The summed E-state index contributed by atoms with van der Waals surface area (Å²) < 4.78 is 7.67. The van der Waals surface area contributed by atoms with Gasteiger partial charge in [0.05, 0.1) is 5.69 Å². The molecule has 0 amide bonds. The number of nitrogens with zero attached hydrogens (tertiary/aromatic N) is 4. The van der Waals surface area contributed by atoms with E-state index in [4.69, 9.17) is 4.74 Å². The van der Waals surface area contributed by atoms with Gasteiger partial charge < -0.3 is 10.1 Å². The fraction of sp³-hybridized carbons (Fsp3) is 0.391. The van der Waals surface area contributed by atoms with Gasteiger partial charge in [-0.25, -0.2) is 0 Å². The molecule has 2 aliphatic carbocycles. The van der Waals surface area contributed by atoms with Gasteiger partial charge in [-0.2, -0.15) is 4.68 Å². The van der Waals surface area contributed by atoms with Crippen molar-refractivity contribution in [2.24, 2.45) is 5.92 Å². The molecule has 1 aromatic heterocycles. The second kappa shape index (κ2) is 6.74. The number of nitrogens with one attached hydrogen (secondary N) is 1. The van der Waals surface area contributed by atoms with Gasteiger partial charge >= 0.3 is 6.01 Å². The molecule has 2 bridgehead atoms. The lowest BCUT2D eigenvalue weighted by atomic mass is 9.52. The van der Waals surface area contributed by atoms with Crippen molar-refractivity contribution in [1.82, 2.24) is 25.5 Å². The second-order valence-electron chi connectivity index (χ2n) is 8.66. The fourth-order valence-corrected chi connectivity index (χ4v) is 5.90. The van der Waals surface area contributed by atoms with Gasteiger partial charge in [0.15, 0.2) is 0 Å². The van der Waals surface area contributed by atoms with Gasteiger partial charge in [-0.3, -0.25) is 4.79 Å². The van der Waals surface area contributed by atoms with Gasteiger partial charge in [-0.15, -0.1) is 0 Å². The minimum atomic E-state index is -0.0109. The topological polar surface area (TPSA) is 81.9 Å². The number of benzene rings is 2. The molecule has 1 saturated carbocycles.